The lowest BCUT2D eigenvalue weighted by Crippen LogP contribution is -2.63. The number of nitrogens with two attached hydrogens (primary N) is 5. The molecule has 4 aliphatic heterocycles. The minimum atomic E-state index is -1.94. The zero-order chi connectivity index (χ0) is 105. The highest BCUT2D eigenvalue weighted by Gasteiger charge is 2.43. The van der Waals surface area contributed by atoms with Gasteiger partial charge in [0.2, 0.25) is 106 Å². The van der Waals surface area contributed by atoms with Gasteiger partial charge in [-0.2, -0.15) is 0 Å². The van der Waals surface area contributed by atoms with E-state index in [1.807, 2.05) is 0 Å². The Morgan fingerprint density at radius 3 is 0.957 bits per heavy atom. The molecule has 4 saturated heterocycles. The maximum Gasteiger partial charge on any atom is 0.245 e. The molecule has 0 aliphatic carbocycles. The molecule has 19 atom stereocenters. The standard InChI is InChI=1S/C83H139N33O19S6/c1-9-41(6)60-77(134)113-57-38-141-137-34-53(111-69(126)51(31-44-18-11-10-12-19-44)106-62(119)42(7)100-64(121)46(21-14-26-95-80(86)87)105-78(135)61(43(8)117)116-75(57)132)71(128)103-48(23-16-28-97-82(90)91)66(123)108-54-35-138-140-37-56(74(131)115-60)109-67(124)49(24-17-29-98-83(92)93)104-72(129)55-36-139-136-33-52(110-68(125)50(30-39(2)3)107-73(54)130)70(127)102-47(22-15-27-96-81(88)89)65(122)101-45(20-13-25-94-79(84)85)63(120)99-32-58(118)114-59(40(4)5)76(133)112-55/h10-12,18-19,39-43,45-57,59-61,117H,9,13-17,20-38H2,1-8H3,(H,99,120)(H,100,121)(H,101,122)(H,102,127)(H,103,128)(H,104,129)(H,105,135)(H,106,119)(H,107,130)(H,108,123)(H,109,124)(H,110,125)(H,111,126)(H,112,133)(H,113,134)(H,114,118)(H,115,131)(H,116,132)(H4,84,85,94)(H4,86,87,95)(H4,88,89,96)(H4,90,91,97)(H4,92,93,98)/t41-,42-,43+,45-,46-,47-,48-,49-,50-,51-,52-,53-,54-,55-,56-,57-,59-,60-,61-/m0/s1. The molecule has 6 bridgehead atoms. The number of carbonyl (C=O) groups is 18. The van der Waals surface area contributed by atoms with E-state index in [0.717, 1.165) is 71.7 Å². The van der Waals surface area contributed by atoms with Crippen LogP contribution in [0.5, 0.6) is 0 Å². The van der Waals surface area contributed by atoms with E-state index < -0.39 is 304 Å². The number of carbonyl (C=O) groups excluding carboxylic acids is 18. The normalized spacial score (nSPS) is 26.5. The second kappa shape index (κ2) is 62.4. The summed E-state index contributed by atoms with van der Waals surface area (Å²) in [4.78, 5) is 272. The van der Waals surface area contributed by atoms with Gasteiger partial charge in [0, 0.05) is 73.7 Å². The van der Waals surface area contributed by atoms with E-state index in [1.165, 1.54) is 6.92 Å². The van der Waals surface area contributed by atoms with Crippen LogP contribution in [0.15, 0.2) is 30.3 Å². The van der Waals surface area contributed by atoms with Gasteiger partial charge in [0.15, 0.2) is 29.8 Å². The number of aliphatic hydroxyl groups excluding tert-OH is 1. The van der Waals surface area contributed by atoms with Gasteiger partial charge in [0.25, 0.3) is 0 Å². The van der Waals surface area contributed by atoms with Crippen LogP contribution in [0.3, 0.4) is 0 Å². The summed E-state index contributed by atoms with van der Waals surface area (Å²) in [5, 5.41) is 111. The molecule has 0 aromatic heterocycles. The van der Waals surface area contributed by atoms with E-state index in [1.54, 1.807) is 71.9 Å². The Kier molecular flexibility index (Phi) is 52.9. The van der Waals surface area contributed by atoms with Crippen LogP contribution < -0.4 is 151 Å². The highest BCUT2D eigenvalue weighted by Crippen LogP contribution is 2.28. The summed E-state index contributed by atoms with van der Waals surface area (Å²) in [6.45, 7) is 11.0. The van der Waals surface area contributed by atoms with Crippen LogP contribution in [0, 0.1) is 44.8 Å². The van der Waals surface area contributed by atoms with Crippen LogP contribution in [0.2, 0.25) is 0 Å². The van der Waals surface area contributed by atoms with Crippen molar-refractivity contribution in [1.82, 2.24) is 122 Å². The number of nitrogens with one attached hydrogen (secondary N) is 28. The first-order chi connectivity index (χ1) is 66.7. The third-order valence-corrected chi connectivity index (χ3v) is 29.4. The number of guanidine groups is 5. The van der Waals surface area contributed by atoms with E-state index >= 15 is 52.7 Å². The van der Waals surface area contributed by atoms with Crippen molar-refractivity contribution >= 4 is 201 Å². The zero-order valence-corrected chi connectivity index (χ0v) is 84.7. The summed E-state index contributed by atoms with van der Waals surface area (Å²) in [7, 11) is 4.83. The Hall–Kier alpha value is -11.9. The van der Waals surface area contributed by atoms with Gasteiger partial charge in [-0.1, -0.05) is 143 Å². The molecular weight excluding hydrogens is 1960 g/mol. The van der Waals surface area contributed by atoms with Crippen LogP contribution in [0.25, 0.3) is 0 Å². The third-order valence-electron chi connectivity index (χ3n) is 22.1. The lowest BCUT2D eigenvalue weighted by molar-refractivity contribution is -0.137. The van der Waals surface area contributed by atoms with Gasteiger partial charge in [-0.05, 0) is 108 Å². The molecule has 4 aliphatic rings. The van der Waals surface area contributed by atoms with Crippen LogP contribution in [0.4, 0.5) is 0 Å². The van der Waals surface area contributed by atoms with Crippen molar-refractivity contribution in [1.29, 1.82) is 27.0 Å². The average molecular weight is 2100 g/mol. The molecule has 0 spiro atoms. The number of aliphatic hydroxyl groups is 1. The fourth-order valence-corrected chi connectivity index (χ4v) is 21.1. The number of amides is 18. The molecule has 0 radical (unpaired) electrons. The number of hydrogen-bond donors (Lipinski definition) is 34. The molecule has 18 amide bonds. The fourth-order valence-electron chi connectivity index (χ4n) is 14.1. The molecule has 5 rings (SSSR count). The monoisotopic (exact) mass is 2090 g/mol. The average Bonchev–Trinajstić information content (AvgIpc) is 0.840. The molecule has 4 heterocycles. The lowest BCUT2D eigenvalue weighted by Gasteiger charge is -2.31. The van der Waals surface area contributed by atoms with Gasteiger partial charge in [-0.3, -0.25) is 113 Å². The minimum absolute atomic E-state index is 0.00630. The van der Waals surface area contributed by atoms with Crippen LogP contribution in [-0.2, 0) is 92.7 Å². The summed E-state index contributed by atoms with van der Waals surface area (Å²) >= 11 is 0. The van der Waals surface area contributed by atoms with E-state index in [9.17, 15) is 38.7 Å². The Bertz CT molecular complexity index is 4520. The molecule has 58 heteroatoms. The Labute approximate surface area is 840 Å². The summed E-state index contributed by atoms with van der Waals surface area (Å²) < 4.78 is 0. The van der Waals surface area contributed by atoms with Gasteiger partial charge in [-0.15, -0.1) is 0 Å². The van der Waals surface area contributed by atoms with Crippen molar-refractivity contribution < 1.29 is 91.4 Å². The lowest BCUT2D eigenvalue weighted by atomic mass is 9.97. The maximum atomic E-state index is 15.7. The highest BCUT2D eigenvalue weighted by molar-refractivity contribution is 8.77. The SMILES string of the molecule is CC[C@H](C)[C@@H]1NC(=O)[C@@H]2CSSC[C@H](NC(=O)[C@H](CCCNC(=N)N)NC(=O)[C@@H]3CSSC[C@H](NC1=O)C(=O)N[C@@H]([C@@H](C)O)C(=O)N[C@@H](CCCNC(=N)N)C(=O)N[C@@H](C)C(=O)N[C@@H](Cc1ccccc1)C(=O)N3)C(=O)N[C@@H](CC(C)C)C(=O)N[C@H]1CSSC[C@H](NC(=O)[C@H](C(C)C)NC(=O)CNC(=O)[C@H](CCCNC(=N)N)NC(=O)[C@H](CCCNC(=N)N)NC1=O)C(=O)N[C@@H](CCCNC(=N)N)C(=O)N2. The molecular formula is C83H139N33O19S6. The fraction of sp³-hybridized carbons (Fsp3) is 0.651. The molecule has 0 unspecified atom stereocenters. The Balaban J connectivity index is 1.87. The second-order valence-corrected chi connectivity index (χ2v) is 42.2. The number of hydrogen-bond acceptors (Lipinski definition) is 30. The first kappa shape index (κ1) is 120. The molecule has 141 heavy (non-hydrogen) atoms. The Morgan fingerprint density at radius 1 is 0.340 bits per heavy atom. The van der Waals surface area contributed by atoms with Crippen LogP contribution in [-0.4, -0.2) is 324 Å². The van der Waals surface area contributed by atoms with Gasteiger partial charge in [0.1, 0.15) is 103 Å². The topological polar surface area (TPSA) is 854 Å². The minimum Gasteiger partial charge on any atom is -0.391 e. The van der Waals surface area contributed by atoms with Crippen LogP contribution >= 0.6 is 64.8 Å². The largest absolute Gasteiger partial charge is 0.391 e. The zero-order valence-electron chi connectivity index (χ0n) is 79.8. The van der Waals surface area contributed by atoms with Crippen LogP contribution in [0.1, 0.15) is 138 Å². The van der Waals surface area contributed by atoms with Gasteiger partial charge >= 0.3 is 0 Å². The van der Waals surface area contributed by atoms with Crippen molar-refractivity contribution in [3.05, 3.63) is 35.9 Å². The first-order valence-corrected chi connectivity index (χ1v) is 53.5. The van der Waals surface area contributed by atoms with E-state index in [-0.39, 0.29) is 116 Å². The predicted octanol–water partition coefficient (Wildman–Crippen LogP) is -8.75. The Morgan fingerprint density at radius 2 is 0.617 bits per heavy atom. The molecule has 39 N–H and O–H groups in total. The second-order valence-electron chi connectivity index (χ2n) is 34.6. The molecule has 1 aromatic carbocycles. The van der Waals surface area contributed by atoms with Gasteiger partial charge in [-0.25, -0.2) is 0 Å². The van der Waals surface area contributed by atoms with E-state index in [4.69, 9.17) is 55.7 Å². The van der Waals surface area contributed by atoms with Crippen molar-refractivity contribution in [2.24, 2.45) is 46.4 Å². The number of fused-ring (bicyclic) bond motifs is 15. The third kappa shape index (κ3) is 44.0. The smallest absolute Gasteiger partial charge is 0.245 e. The summed E-state index contributed by atoms with van der Waals surface area (Å²) in [6.07, 6.45) is -3.60. The number of rotatable bonds is 28. The summed E-state index contributed by atoms with van der Waals surface area (Å²) in [6, 6.07) is -20.4. The maximum absolute atomic E-state index is 15.7. The first-order valence-electron chi connectivity index (χ1n) is 46.0. The van der Waals surface area contributed by atoms with Crippen molar-refractivity contribution in [3.8, 4) is 0 Å². The van der Waals surface area contributed by atoms with E-state index in [2.05, 4.69) is 122 Å². The predicted molar refractivity (Wildman–Crippen MR) is 538 cm³/mol. The van der Waals surface area contributed by atoms with Gasteiger partial charge in [0.05, 0.1) is 12.6 Å². The quantitative estimate of drug-likeness (QED) is 0.0160. The van der Waals surface area contributed by atoms with Gasteiger partial charge < -0.3 is 156 Å². The molecule has 0 saturated carbocycles. The van der Waals surface area contributed by atoms with Crippen molar-refractivity contribution in [2.45, 2.75) is 248 Å². The molecule has 1 aromatic rings. The highest BCUT2D eigenvalue weighted by atomic mass is 33.1. The summed E-state index contributed by atoms with van der Waals surface area (Å²) in [5.74, 6) is -26.5. The van der Waals surface area contributed by atoms with E-state index in [0.29, 0.717) is 5.56 Å². The van der Waals surface area contributed by atoms with Crippen molar-refractivity contribution in [3.63, 3.8) is 0 Å². The number of benzene rings is 1. The van der Waals surface area contributed by atoms with Crippen molar-refractivity contribution in [2.75, 3.05) is 73.8 Å². The molecule has 786 valence electrons. The molecule has 52 nitrogen and oxygen atoms in total. The summed E-state index contributed by atoms with van der Waals surface area (Å²) in [5.41, 5.74) is 28.6. The molecule has 4 fully saturated rings.